The first kappa shape index (κ1) is 11.0. The Morgan fingerprint density at radius 2 is 2.29 bits per heavy atom. The van der Waals surface area contributed by atoms with Crippen molar-refractivity contribution in [3.05, 3.63) is 59.4 Å². The molecule has 1 heterocycles. The molecule has 2 aromatic rings. The zero-order valence-electron chi connectivity index (χ0n) is 9.10. The third-order valence-corrected chi connectivity index (χ3v) is 2.37. The lowest BCUT2D eigenvalue weighted by Gasteiger charge is -2.03. The van der Waals surface area contributed by atoms with Gasteiger partial charge in [0.05, 0.1) is 11.6 Å². The van der Waals surface area contributed by atoms with Crippen molar-refractivity contribution in [1.82, 2.24) is 10.3 Å². The van der Waals surface area contributed by atoms with Crippen LogP contribution in [-0.4, -0.2) is 10.9 Å². The van der Waals surface area contributed by atoms with E-state index < -0.39 is 0 Å². The highest BCUT2D eigenvalue weighted by Gasteiger charge is 2.05. The SMILES string of the molecule is N#Cc1cccc(C(=O)NCc2cc[nH]c2)c1. The number of hydrogen-bond acceptors (Lipinski definition) is 2. The number of carbonyl (C=O) groups excluding carboxylic acids is 1. The van der Waals surface area contributed by atoms with Gasteiger partial charge in [0.1, 0.15) is 0 Å². The molecule has 4 heteroatoms. The first-order valence-electron chi connectivity index (χ1n) is 5.19. The molecule has 1 aromatic heterocycles. The van der Waals surface area contributed by atoms with Gasteiger partial charge in [-0.1, -0.05) is 6.07 Å². The summed E-state index contributed by atoms with van der Waals surface area (Å²) in [5.74, 6) is -0.177. The lowest BCUT2D eigenvalue weighted by atomic mass is 10.1. The van der Waals surface area contributed by atoms with Crippen molar-refractivity contribution in [3.8, 4) is 6.07 Å². The Hall–Kier alpha value is -2.54. The number of amides is 1. The molecule has 17 heavy (non-hydrogen) atoms. The van der Waals surface area contributed by atoms with Crippen LogP contribution in [0.4, 0.5) is 0 Å². The van der Waals surface area contributed by atoms with E-state index in [9.17, 15) is 4.79 Å². The topological polar surface area (TPSA) is 68.7 Å². The zero-order chi connectivity index (χ0) is 12.1. The predicted molar refractivity (Wildman–Crippen MR) is 63.1 cm³/mol. The second kappa shape index (κ2) is 4.99. The van der Waals surface area contributed by atoms with Crippen LogP contribution in [0.5, 0.6) is 0 Å². The number of hydrogen-bond donors (Lipinski definition) is 2. The number of rotatable bonds is 3. The van der Waals surface area contributed by atoms with Gasteiger partial charge in [-0.2, -0.15) is 5.26 Å². The number of nitriles is 1. The summed E-state index contributed by atoms with van der Waals surface area (Å²) in [5, 5.41) is 11.5. The molecule has 0 aliphatic heterocycles. The summed E-state index contributed by atoms with van der Waals surface area (Å²) in [4.78, 5) is 14.7. The highest BCUT2D eigenvalue weighted by Crippen LogP contribution is 2.04. The van der Waals surface area contributed by atoms with Crippen molar-refractivity contribution in [2.45, 2.75) is 6.54 Å². The van der Waals surface area contributed by atoms with Crippen LogP contribution >= 0.6 is 0 Å². The maximum absolute atomic E-state index is 11.8. The summed E-state index contributed by atoms with van der Waals surface area (Å²) >= 11 is 0. The number of nitrogens with zero attached hydrogens (tertiary/aromatic N) is 1. The minimum absolute atomic E-state index is 0.177. The van der Waals surface area contributed by atoms with Crippen molar-refractivity contribution in [2.75, 3.05) is 0 Å². The van der Waals surface area contributed by atoms with Gasteiger partial charge in [-0.3, -0.25) is 4.79 Å². The molecule has 1 aromatic carbocycles. The molecule has 0 spiro atoms. The average molecular weight is 225 g/mol. The second-order valence-corrected chi connectivity index (χ2v) is 3.59. The van der Waals surface area contributed by atoms with Crippen LogP contribution in [0, 0.1) is 11.3 Å². The van der Waals surface area contributed by atoms with Gasteiger partial charge in [0.15, 0.2) is 0 Å². The number of H-pyrrole nitrogens is 1. The Morgan fingerprint density at radius 3 is 3.00 bits per heavy atom. The van der Waals surface area contributed by atoms with Crippen molar-refractivity contribution >= 4 is 5.91 Å². The summed E-state index contributed by atoms with van der Waals surface area (Å²) in [6, 6.07) is 10.5. The Kier molecular flexibility index (Phi) is 3.22. The van der Waals surface area contributed by atoms with Crippen molar-refractivity contribution in [1.29, 1.82) is 5.26 Å². The average Bonchev–Trinajstić information content (AvgIpc) is 2.89. The highest BCUT2D eigenvalue weighted by atomic mass is 16.1. The first-order valence-corrected chi connectivity index (χ1v) is 5.19. The van der Waals surface area contributed by atoms with Gasteiger partial charge in [-0.15, -0.1) is 0 Å². The second-order valence-electron chi connectivity index (χ2n) is 3.59. The van der Waals surface area contributed by atoms with E-state index >= 15 is 0 Å². The number of benzene rings is 1. The number of aromatic amines is 1. The Bertz CT molecular complexity index is 552. The van der Waals surface area contributed by atoms with Gasteiger partial charge < -0.3 is 10.3 Å². The standard InChI is InChI=1S/C13H11N3O/c14-7-10-2-1-3-12(6-10)13(17)16-9-11-4-5-15-8-11/h1-6,8,15H,9H2,(H,16,17). The van der Waals surface area contributed by atoms with Crippen LogP contribution < -0.4 is 5.32 Å². The van der Waals surface area contributed by atoms with E-state index in [-0.39, 0.29) is 5.91 Å². The van der Waals surface area contributed by atoms with E-state index in [1.54, 1.807) is 30.5 Å². The van der Waals surface area contributed by atoms with Crippen LogP contribution in [0.25, 0.3) is 0 Å². The van der Waals surface area contributed by atoms with E-state index in [1.165, 1.54) is 0 Å². The molecule has 84 valence electrons. The molecule has 1 amide bonds. The van der Waals surface area contributed by atoms with Crippen LogP contribution in [-0.2, 0) is 6.54 Å². The van der Waals surface area contributed by atoms with Crippen LogP contribution in [0.2, 0.25) is 0 Å². The van der Waals surface area contributed by atoms with Gasteiger partial charge in [-0.25, -0.2) is 0 Å². The lowest BCUT2D eigenvalue weighted by Crippen LogP contribution is -2.22. The molecular weight excluding hydrogens is 214 g/mol. The summed E-state index contributed by atoms with van der Waals surface area (Å²) in [6.07, 6.45) is 3.63. The van der Waals surface area contributed by atoms with Crippen molar-refractivity contribution < 1.29 is 4.79 Å². The summed E-state index contributed by atoms with van der Waals surface area (Å²) < 4.78 is 0. The molecule has 2 N–H and O–H groups in total. The number of aromatic nitrogens is 1. The van der Waals surface area contributed by atoms with Gasteiger partial charge in [-0.05, 0) is 29.8 Å². The Morgan fingerprint density at radius 1 is 1.41 bits per heavy atom. The lowest BCUT2D eigenvalue weighted by molar-refractivity contribution is 0.0951. The summed E-state index contributed by atoms with van der Waals surface area (Å²) in [6.45, 7) is 0.471. The summed E-state index contributed by atoms with van der Waals surface area (Å²) in [5.41, 5.74) is 1.99. The van der Waals surface area contributed by atoms with Crippen LogP contribution in [0.3, 0.4) is 0 Å². The van der Waals surface area contributed by atoms with E-state index in [0.717, 1.165) is 5.56 Å². The fourth-order valence-electron chi connectivity index (χ4n) is 1.48. The highest BCUT2D eigenvalue weighted by molar-refractivity contribution is 5.94. The van der Waals surface area contributed by atoms with E-state index in [0.29, 0.717) is 17.7 Å². The zero-order valence-corrected chi connectivity index (χ0v) is 9.10. The molecule has 2 rings (SSSR count). The molecule has 0 bridgehead atoms. The Labute approximate surface area is 98.9 Å². The molecule has 4 nitrogen and oxygen atoms in total. The molecule has 0 atom stereocenters. The largest absolute Gasteiger partial charge is 0.367 e. The quantitative estimate of drug-likeness (QED) is 0.836. The van der Waals surface area contributed by atoms with Gasteiger partial charge in [0.2, 0.25) is 0 Å². The maximum Gasteiger partial charge on any atom is 0.251 e. The van der Waals surface area contributed by atoms with Crippen molar-refractivity contribution in [2.24, 2.45) is 0 Å². The predicted octanol–water partition coefficient (Wildman–Crippen LogP) is 1.82. The normalized spacial score (nSPS) is 9.59. The first-order chi connectivity index (χ1) is 8.29. The molecule has 0 fully saturated rings. The third kappa shape index (κ3) is 2.73. The molecule has 0 saturated heterocycles. The minimum Gasteiger partial charge on any atom is -0.367 e. The van der Waals surface area contributed by atoms with Gasteiger partial charge in [0.25, 0.3) is 5.91 Å². The van der Waals surface area contributed by atoms with Gasteiger partial charge >= 0.3 is 0 Å². The van der Waals surface area contributed by atoms with Crippen LogP contribution in [0.15, 0.2) is 42.7 Å². The minimum atomic E-state index is -0.177. The molecular formula is C13H11N3O. The molecule has 0 aliphatic rings. The summed E-state index contributed by atoms with van der Waals surface area (Å²) in [7, 11) is 0. The third-order valence-electron chi connectivity index (χ3n) is 2.37. The van der Waals surface area contributed by atoms with Crippen molar-refractivity contribution in [3.63, 3.8) is 0 Å². The fraction of sp³-hybridized carbons (Fsp3) is 0.0769. The van der Waals surface area contributed by atoms with E-state index in [1.807, 2.05) is 18.3 Å². The van der Waals surface area contributed by atoms with Crippen LogP contribution in [0.1, 0.15) is 21.5 Å². The number of carbonyl (C=O) groups is 1. The van der Waals surface area contributed by atoms with Gasteiger partial charge in [0, 0.05) is 24.5 Å². The Balaban J connectivity index is 2.02. The fourth-order valence-corrected chi connectivity index (χ4v) is 1.48. The molecule has 0 unspecified atom stereocenters. The van der Waals surface area contributed by atoms with E-state index in [4.69, 9.17) is 5.26 Å². The molecule has 0 aliphatic carbocycles. The smallest absolute Gasteiger partial charge is 0.251 e. The number of nitrogens with one attached hydrogen (secondary N) is 2. The monoisotopic (exact) mass is 225 g/mol. The molecule has 0 saturated carbocycles. The molecule has 0 radical (unpaired) electrons. The maximum atomic E-state index is 11.8. The van der Waals surface area contributed by atoms with E-state index in [2.05, 4.69) is 10.3 Å².